The van der Waals surface area contributed by atoms with Crippen LogP contribution in [0.25, 0.3) is 0 Å². The summed E-state index contributed by atoms with van der Waals surface area (Å²) in [6.45, 7) is 0. The van der Waals surface area contributed by atoms with Crippen LogP contribution in [0.4, 0.5) is 0 Å². The summed E-state index contributed by atoms with van der Waals surface area (Å²) >= 11 is 0. The van der Waals surface area contributed by atoms with Gasteiger partial charge < -0.3 is 4.79 Å². The van der Waals surface area contributed by atoms with Crippen molar-refractivity contribution in [3.05, 3.63) is 11.6 Å². The molecule has 0 aliphatic heterocycles. The van der Waals surface area contributed by atoms with E-state index in [4.69, 9.17) is 0 Å². The van der Waals surface area contributed by atoms with Gasteiger partial charge in [-0.15, -0.1) is 0 Å². The summed E-state index contributed by atoms with van der Waals surface area (Å²) in [5, 5.41) is 0. The summed E-state index contributed by atoms with van der Waals surface area (Å²) in [4.78, 5) is 21.4. The third-order valence-electron chi connectivity index (χ3n) is 2.37. The van der Waals surface area contributed by atoms with Crippen LogP contribution in [0.15, 0.2) is 11.6 Å². The zero-order valence-corrected chi connectivity index (χ0v) is 7.92. The van der Waals surface area contributed by atoms with Gasteiger partial charge in [0.25, 0.3) is 0 Å². The molecule has 1 saturated carbocycles. The van der Waals surface area contributed by atoms with Crippen LogP contribution in [0.2, 0.25) is 0 Å². The second-order valence-corrected chi connectivity index (χ2v) is 3.46. The Balaban J connectivity index is 2.30. The van der Waals surface area contributed by atoms with Gasteiger partial charge in [0.2, 0.25) is 0 Å². The Labute approximate surface area is 79.0 Å². The molecule has 0 spiro atoms. The maximum absolute atomic E-state index is 11.3. The van der Waals surface area contributed by atoms with Crippen LogP contribution in [-0.4, -0.2) is 12.1 Å². The number of ketones is 1. The molecule has 0 aromatic carbocycles. The molecule has 13 heavy (non-hydrogen) atoms. The lowest BCUT2D eigenvalue weighted by atomic mass is 9.92. The SMILES string of the molecule is O=CCCC/C=C1\CCCCC1=O. The lowest BCUT2D eigenvalue weighted by Gasteiger charge is -2.11. The lowest BCUT2D eigenvalue weighted by molar-refractivity contribution is -0.116. The average Bonchev–Trinajstić information content (AvgIpc) is 2.15. The number of allylic oxidation sites excluding steroid dienone is 2. The van der Waals surface area contributed by atoms with E-state index in [9.17, 15) is 9.59 Å². The van der Waals surface area contributed by atoms with Gasteiger partial charge in [-0.2, -0.15) is 0 Å². The molecule has 0 aromatic heterocycles. The largest absolute Gasteiger partial charge is 0.303 e. The van der Waals surface area contributed by atoms with Crippen molar-refractivity contribution in [3.63, 3.8) is 0 Å². The molecule has 0 unspecified atom stereocenters. The molecule has 72 valence electrons. The first-order valence-corrected chi connectivity index (χ1v) is 5.00. The van der Waals surface area contributed by atoms with Gasteiger partial charge in [0.05, 0.1) is 0 Å². The van der Waals surface area contributed by atoms with Gasteiger partial charge in [0.15, 0.2) is 5.78 Å². The molecule has 1 aliphatic rings. The number of hydrogen-bond acceptors (Lipinski definition) is 2. The summed E-state index contributed by atoms with van der Waals surface area (Å²) in [7, 11) is 0. The van der Waals surface area contributed by atoms with Crippen LogP contribution in [-0.2, 0) is 9.59 Å². The molecule has 0 bridgehead atoms. The topological polar surface area (TPSA) is 34.1 Å². The van der Waals surface area contributed by atoms with E-state index < -0.39 is 0 Å². The normalized spacial score (nSPS) is 20.6. The van der Waals surface area contributed by atoms with Crippen molar-refractivity contribution in [2.75, 3.05) is 0 Å². The van der Waals surface area contributed by atoms with Crippen molar-refractivity contribution in [2.24, 2.45) is 0 Å². The summed E-state index contributed by atoms with van der Waals surface area (Å²) in [6, 6.07) is 0. The Morgan fingerprint density at radius 2 is 1.92 bits per heavy atom. The number of carbonyl (C=O) groups is 2. The van der Waals surface area contributed by atoms with Gasteiger partial charge in [-0.25, -0.2) is 0 Å². The maximum atomic E-state index is 11.3. The van der Waals surface area contributed by atoms with Crippen molar-refractivity contribution < 1.29 is 9.59 Å². The highest BCUT2D eigenvalue weighted by molar-refractivity contribution is 5.95. The van der Waals surface area contributed by atoms with Crippen molar-refractivity contribution in [3.8, 4) is 0 Å². The zero-order chi connectivity index (χ0) is 9.52. The molecule has 0 aromatic rings. The predicted octanol–water partition coefficient (Wildman–Crippen LogP) is 2.43. The van der Waals surface area contributed by atoms with Crippen LogP contribution in [0.5, 0.6) is 0 Å². The van der Waals surface area contributed by atoms with Gasteiger partial charge in [-0.05, 0) is 37.7 Å². The minimum absolute atomic E-state index is 0.317. The molecule has 0 N–H and O–H groups in total. The van der Waals surface area contributed by atoms with Crippen LogP contribution < -0.4 is 0 Å². The number of unbranched alkanes of at least 4 members (excludes halogenated alkanes) is 2. The van der Waals surface area contributed by atoms with Crippen molar-refractivity contribution >= 4 is 12.1 Å². The molecule has 0 radical (unpaired) electrons. The number of rotatable bonds is 4. The standard InChI is InChI=1S/C11H16O2/c12-9-5-1-2-6-10-7-3-4-8-11(10)13/h6,9H,1-5,7-8H2/b10-6+. The van der Waals surface area contributed by atoms with E-state index in [0.717, 1.165) is 50.4 Å². The van der Waals surface area contributed by atoms with E-state index in [1.54, 1.807) is 0 Å². The minimum Gasteiger partial charge on any atom is -0.303 e. The smallest absolute Gasteiger partial charge is 0.158 e. The van der Waals surface area contributed by atoms with E-state index in [-0.39, 0.29) is 0 Å². The second-order valence-electron chi connectivity index (χ2n) is 3.46. The minimum atomic E-state index is 0.317. The van der Waals surface area contributed by atoms with Crippen molar-refractivity contribution in [1.29, 1.82) is 0 Å². The molecule has 0 heterocycles. The molecule has 0 amide bonds. The van der Waals surface area contributed by atoms with Gasteiger partial charge >= 0.3 is 0 Å². The first-order chi connectivity index (χ1) is 6.34. The monoisotopic (exact) mass is 180 g/mol. The summed E-state index contributed by atoms with van der Waals surface area (Å²) in [5.41, 5.74) is 0.997. The Morgan fingerprint density at radius 1 is 1.15 bits per heavy atom. The highest BCUT2D eigenvalue weighted by Crippen LogP contribution is 2.20. The Morgan fingerprint density at radius 3 is 2.62 bits per heavy atom. The third-order valence-corrected chi connectivity index (χ3v) is 2.37. The number of hydrogen-bond donors (Lipinski definition) is 0. The Hall–Kier alpha value is -0.920. The quantitative estimate of drug-likeness (QED) is 0.378. The fourth-order valence-corrected chi connectivity index (χ4v) is 1.59. The first kappa shape index (κ1) is 10.2. The van der Waals surface area contributed by atoms with E-state index in [2.05, 4.69) is 0 Å². The fourth-order valence-electron chi connectivity index (χ4n) is 1.59. The highest BCUT2D eigenvalue weighted by atomic mass is 16.1. The van der Waals surface area contributed by atoms with Crippen LogP contribution in [0.1, 0.15) is 44.9 Å². The number of carbonyl (C=O) groups excluding carboxylic acids is 2. The van der Waals surface area contributed by atoms with E-state index >= 15 is 0 Å². The molecule has 0 atom stereocenters. The molecular formula is C11H16O2. The van der Waals surface area contributed by atoms with Gasteiger partial charge in [0, 0.05) is 12.8 Å². The van der Waals surface area contributed by atoms with Gasteiger partial charge in [-0.3, -0.25) is 4.79 Å². The van der Waals surface area contributed by atoms with Crippen molar-refractivity contribution in [2.45, 2.75) is 44.9 Å². The number of aldehydes is 1. The maximum Gasteiger partial charge on any atom is 0.158 e. The van der Waals surface area contributed by atoms with Crippen LogP contribution in [0.3, 0.4) is 0 Å². The number of Topliss-reactive ketones (excluding diaryl/α,β-unsaturated/α-hetero) is 1. The summed E-state index contributed by atoms with van der Waals surface area (Å²) in [6.07, 6.45) is 9.17. The lowest BCUT2D eigenvalue weighted by Crippen LogP contribution is -2.08. The van der Waals surface area contributed by atoms with E-state index in [1.807, 2.05) is 6.08 Å². The molecule has 2 heteroatoms. The predicted molar refractivity (Wildman–Crippen MR) is 51.5 cm³/mol. The van der Waals surface area contributed by atoms with E-state index in [0.29, 0.717) is 12.2 Å². The summed E-state index contributed by atoms with van der Waals surface area (Å²) in [5.74, 6) is 0.317. The zero-order valence-electron chi connectivity index (χ0n) is 7.92. The van der Waals surface area contributed by atoms with Gasteiger partial charge in [0.1, 0.15) is 6.29 Å². The van der Waals surface area contributed by atoms with E-state index in [1.165, 1.54) is 0 Å². The second kappa shape index (κ2) is 5.68. The fraction of sp³-hybridized carbons (Fsp3) is 0.636. The Bertz CT molecular complexity index is 216. The van der Waals surface area contributed by atoms with Crippen molar-refractivity contribution in [1.82, 2.24) is 0 Å². The van der Waals surface area contributed by atoms with Crippen LogP contribution in [0, 0.1) is 0 Å². The van der Waals surface area contributed by atoms with Gasteiger partial charge in [-0.1, -0.05) is 6.08 Å². The highest BCUT2D eigenvalue weighted by Gasteiger charge is 2.13. The first-order valence-electron chi connectivity index (χ1n) is 5.00. The average molecular weight is 180 g/mol. The molecule has 1 fully saturated rings. The molecule has 1 rings (SSSR count). The molecule has 2 nitrogen and oxygen atoms in total. The Kier molecular flexibility index (Phi) is 4.44. The third kappa shape index (κ3) is 3.53. The summed E-state index contributed by atoms with van der Waals surface area (Å²) < 4.78 is 0. The molecule has 0 saturated heterocycles. The van der Waals surface area contributed by atoms with Crippen LogP contribution >= 0.6 is 0 Å². The molecule has 1 aliphatic carbocycles. The molecular weight excluding hydrogens is 164 g/mol.